The van der Waals surface area contributed by atoms with Crippen LogP contribution >= 0.6 is 11.6 Å². The van der Waals surface area contributed by atoms with E-state index in [1.54, 1.807) is 12.1 Å². The van der Waals surface area contributed by atoms with E-state index in [4.69, 9.17) is 11.6 Å². The Morgan fingerprint density at radius 3 is 2.23 bits per heavy atom. The first-order valence-corrected chi connectivity index (χ1v) is 11.2. The van der Waals surface area contributed by atoms with Crippen LogP contribution in [0.3, 0.4) is 0 Å². The number of benzene rings is 2. The Labute approximate surface area is 161 Å². The molecule has 0 bridgehead atoms. The molecule has 0 spiro atoms. The van der Waals surface area contributed by atoms with Gasteiger partial charge in [0.15, 0.2) is 9.84 Å². The molecule has 0 N–H and O–H groups in total. The van der Waals surface area contributed by atoms with E-state index in [9.17, 15) is 8.42 Å². The smallest absolute Gasteiger partial charge is 0.175 e. The molecule has 1 aliphatic rings. The van der Waals surface area contributed by atoms with Crippen LogP contribution in [0.4, 0.5) is 0 Å². The molecule has 1 saturated heterocycles. The molecule has 26 heavy (non-hydrogen) atoms. The second-order valence-corrected chi connectivity index (χ2v) is 9.34. The Bertz CT molecular complexity index is 840. The quantitative estimate of drug-likeness (QED) is 0.781. The maximum atomic E-state index is 12.1. The van der Waals surface area contributed by atoms with E-state index in [2.05, 4.69) is 34.1 Å². The third-order valence-electron chi connectivity index (χ3n) is 4.75. The molecule has 0 saturated carbocycles. The summed E-state index contributed by atoms with van der Waals surface area (Å²) in [6, 6.07) is 15.7. The van der Waals surface area contributed by atoms with Gasteiger partial charge in [0.05, 0.1) is 4.90 Å². The van der Waals surface area contributed by atoms with Crippen LogP contribution in [0.1, 0.15) is 17.5 Å². The molecule has 1 fully saturated rings. The summed E-state index contributed by atoms with van der Waals surface area (Å²) >= 11 is 6.00. The molecule has 0 radical (unpaired) electrons. The molecule has 0 amide bonds. The van der Waals surface area contributed by atoms with E-state index in [0.29, 0.717) is 16.5 Å². The van der Waals surface area contributed by atoms with Crippen LogP contribution in [-0.4, -0.2) is 50.7 Å². The van der Waals surface area contributed by atoms with E-state index in [0.717, 1.165) is 44.7 Å². The number of hydrogen-bond acceptors (Lipinski definition) is 4. The van der Waals surface area contributed by atoms with Crippen molar-refractivity contribution in [2.75, 3.05) is 32.4 Å². The lowest BCUT2D eigenvalue weighted by Gasteiger charge is -2.22. The highest BCUT2D eigenvalue weighted by Crippen LogP contribution is 2.23. The summed E-state index contributed by atoms with van der Waals surface area (Å²) in [4.78, 5) is 5.15. The molecule has 0 unspecified atom stereocenters. The molecule has 1 heterocycles. The largest absolute Gasteiger partial charge is 0.298 e. The van der Waals surface area contributed by atoms with Crippen molar-refractivity contribution in [1.29, 1.82) is 0 Å². The van der Waals surface area contributed by atoms with E-state index in [-0.39, 0.29) is 0 Å². The highest BCUT2D eigenvalue weighted by atomic mass is 35.5. The monoisotopic (exact) mass is 392 g/mol. The summed E-state index contributed by atoms with van der Waals surface area (Å²) in [5, 5.41) is 0.457. The van der Waals surface area contributed by atoms with E-state index < -0.39 is 9.84 Å². The third kappa shape index (κ3) is 5.30. The zero-order valence-electron chi connectivity index (χ0n) is 15.1. The Balaban J connectivity index is 1.65. The van der Waals surface area contributed by atoms with Crippen molar-refractivity contribution in [1.82, 2.24) is 9.80 Å². The van der Waals surface area contributed by atoms with Crippen LogP contribution in [0.2, 0.25) is 5.02 Å². The van der Waals surface area contributed by atoms with Gasteiger partial charge in [0, 0.05) is 37.5 Å². The number of sulfone groups is 1. The number of rotatable bonds is 5. The summed E-state index contributed by atoms with van der Waals surface area (Å²) in [6.45, 7) is 5.54. The Kier molecular flexibility index (Phi) is 6.35. The Morgan fingerprint density at radius 1 is 0.923 bits per heavy atom. The zero-order chi connectivity index (χ0) is 18.6. The number of hydrogen-bond donors (Lipinski definition) is 0. The van der Waals surface area contributed by atoms with Gasteiger partial charge in [-0.15, -0.1) is 0 Å². The minimum atomic E-state index is -3.29. The van der Waals surface area contributed by atoms with Crippen molar-refractivity contribution >= 4 is 21.4 Å². The van der Waals surface area contributed by atoms with Gasteiger partial charge in [-0.25, -0.2) is 8.42 Å². The minimum absolute atomic E-state index is 0.343. The summed E-state index contributed by atoms with van der Waals surface area (Å²) in [7, 11) is -3.29. The number of halogens is 1. The van der Waals surface area contributed by atoms with Crippen molar-refractivity contribution < 1.29 is 8.42 Å². The lowest BCUT2D eigenvalue weighted by Crippen LogP contribution is -2.30. The molecule has 2 aromatic rings. The Morgan fingerprint density at radius 2 is 1.58 bits per heavy atom. The first-order chi connectivity index (χ1) is 12.4. The lowest BCUT2D eigenvalue weighted by atomic mass is 10.2. The van der Waals surface area contributed by atoms with E-state index in [1.807, 2.05) is 12.1 Å². The van der Waals surface area contributed by atoms with Crippen LogP contribution in [0, 0.1) is 0 Å². The zero-order valence-corrected chi connectivity index (χ0v) is 16.6. The number of nitrogens with zero attached hydrogens (tertiary/aromatic N) is 2. The van der Waals surface area contributed by atoms with Gasteiger partial charge in [0.1, 0.15) is 0 Å². The van der Waals surface area contributed by atoms with E-state index >= 15 is 0 Å². The van der Waals surface area contributed by atoms with Crippen molar-refractivity contribution in [3.63, 3.8) is 0 Å². The van der Waals surface area contributed by atoms with Gasteiger partial charge in [0.25, 0.3) is 0 Å². The van der Waals surface area contributed by atoms with Crippen LogP contribution in [-0.2, 0) is 22.9 Å². The van der Waals surface area contributed by atoms with Crippen LogP contribution in [0.5, 0.6) is 0 Å². The molecule has 0 aliphatic carbocycles. The van der Waals surface area contributed by atoms with Gasteiger partial charge in [-0.2, -0.15) is 0 Å². The summed E-state index contributed by atoms with van der Waals surface area (Å²) < 4.78 is 24.2. The molecule has 2 aromatic carbocycles. The predicted octanol–water partition coefficient (Wildman–Crippen LogP) is 3.45. The van der Waals surface area contributed by atoms with Gasteiger partial charge in [-0.05, 0) is 42.8 Å². The lowest BCUT2D eigenvalue weighted by molar-refractivity contribution is 0.246. The maximum Gasteiger partial charge on any atom is 0.175 e. The molecule has 3 rings (SSSR count). The molecule has 1 aliphatic heterocycles. The van der Waals surface area contributed by atoms with Gasteiger partial charge in [-0.3, -0.25) is 9.80 Å². The van der Waals surface area contributed by atoms with Crippen molar-refractivity contribution in [3.05, 3.63) is 64.7 Å². The predicted molar refractivity (Wildman–Crippen MR) is 106 cm³/mol. The first kappa shape index (κ1) is 19.4. The van der Waals surface area contributed by atoms with Gasteiger partial charge < -0.3 is 0 Å². The second-order valence-electron chi connectivity index (χ2n) is 6.92. The molecule has 0 aromatic heterocycles. The van der Waals surface area contributed by atoms with Gasteiger partial charge >= 0.3 is 0 Å². The fourth-order valence-electron chi connectivity index (χ4n) is 3.43. The van der Waals surface area contributed by atoms with Crippen molar-refractivity contribution in [2.24, 2.45) is 0 Å². The fourth-order valence-corrected chi connectivity index (χ4v) is 4.61. The van der Waals surface area contributed by atoms with Gasteiger partial charge in [0.2, 0.25) is 0 Å². The molecule has 0 atom stereocenters. The molecular weight excluding hydrogens is 368 g/mol. The minimum Gasteiger partial charge on any atom is -0.298 e. The summed E-state index contributed by atoms with van der Waals surface area (Å²) in [6.07, 6.45) is 2.32. The third-order valence-corrected chi connectivity index (χ3v) is 6.17. The van der Waals surface area contributed by atoms with Gasteiger partial charge in [-0.1, -0.05) is 48.0 Å². The normalized spacial score (nSPS) is 17.2. The maximum absolute atomic E-state index is 12.1. The fraction of sp³-hybridized carbons (Fsp3) is 0.400. The van der Waals surface area contributed by atoms with Crippen LogP contribution in [0.25, 0.3) is 0 Å². The standard InChI is InChI=1S/C20H25ClN2O2S/c1-26(24,25)20-14-19(21)9-8-18(20)16-23-11-5-10-22(12-13-23)15-17-6-3-2-4-7-17/h2-4,6-9,14H,5,10-13,15-16H2,1H3. The first-order valence-electron chi connectivity index (χ1n) is 8.89. The highest BCUT2D eigenvalue weighted by Gasteiger charge is 2.19. The summed E-state index contributed by atoms with van der Waals surface area (Å²) in [5.41, 5.74) is 2.16. The average Bonchev–Trinajstić information content (AvgIpc) is 2.82. The topological polar surface area (TPSA) is 40.6 Å². The molecule has 140 valence electrons. The van der Waals surface area contributed by atoms with Crippen molar-refractivity contribution in [2.45, 2.75) is 24.4 Å². The van der Waals surface area contributed by atoms with Crippen LogP contribution in [0.15, 0.2) is 53.4 Å². The molecule has 6 heteroatoms. The molecule has 4 nitrogen and oxygen atoms in total. The average molecular weight is 393 g/mol. The van der Waals surface area contributed by atoms with Crippen molar-refractivity contribution in [3.8, 4) is 0 Å². The summed E-state index contributed by atoms with van der Waals surface area (Å²) in [5.74, 6) is 0. The molecular formula is C20H25ClN2O2S. The second kappa shape index (κ2) is 8.53. The SMILES string of the molecule is CS(=O)(=O)c1cc(Cl)ccc1CN1CCCN(Cc2ccccc2)CC1. The van der Waals surface area contributed by atoms with Crippen LogP contribution < -0.4 is 0 Å². The highest BCUT2D eigenvalue weighted by molar-refractivity contribution is 7.90. The Hall–Kier alpha value is -1.40. The van der Waals surface area contributed by atoms with E-state index in [1.165, 1.54) is 11.8 Å².